The summed E-state index contributed by atoms with van der Waals surface area (Å²) in [6, 6.07) is 5.38. The minimum Gasteiger partial charge on any atom is -0.380 e. The van der Waals surface area contributed by atoms with E-state index >= 15 is 0 Å². The van der Waals surface area contributed by atoms with E-state index in [2.05, 4.69) is 32.3 Å². The number of ether oxygens (including phenoxy) is 1. The number of carbonyl (C=O) groups excluding carboxylic acids is 1. The third-order valence-electron chi connectivity index (χ3n) is 5.15. The standard InChI is InChI=1S/C23H24FN7O2/c1-5-21(32)27-16-6-7-20-18(8-16)14(2)11-31(20)22-19(24)10-25-23(29-22)28-17-9-26-30(13-17)12-15(3)33-4/h5-11,13,15H,1,12H2,2-4H3,(H,27,32)(H,25,28,29). The number of aromatic nitrogens is 5. The second-order valence-corrected chi connectivity index (χ2v) is 7.59. The summed E-state index contributed by atoms with van der Waals surface area (Å²) in [5.41, 5.74) is 2.94. The summed E-state index contributed by atoms with van der Waals surface area (Å²) >= 11 is 0. The van der Waals surface area contributed by atoms with Crippen LogP contribution in [0.15, 0.2) is 55.6 Å². The van der Waals surface area contributed by atoms with Gasteiger partial charge in [0.05, 0.1) is 36.2 Å². The van der Waals surface area contributed by atoms with Gasteiger partial charge in [0.15, 0.2) is 11.6 Å². The summed E-state index contributed by atoms with van der Waals surface area (Å²) in [4.78, 5) is 20.1. The molecule has 1 atom stereocenters. The number of halogens is 1. The van der Waals surface area contributed by atoms with Crippen LogP contribution in [0.25, 0.3) is 16.7 Å². The van der Waals surface area contributed by atoms with Gasteiger partial charge in [-0.15, -0.1) is 0 Å². The average Bonchev–Trinajstić information content (AvgIpc) is 3.38. The van der Waals surface area contributed by atoms with Crippen LogP contribution in [-0.2, 0) is 16.1 Å². The molecule has 1 aromatic carbocycles. The van der Waals surface area contributed by atoms with Gasteiger partial charge in [0, 0.05) is 30.6 Å². The number of methoxy groups -OCH3 is 1. The van der Waals surface area contributed by atoms with Gasteiger partial charge in [0.25, 0.3) is 0 Å². The molecule has 33 heavy (non-hydrogen) atoms. The maximum absolute atomic E-state index is 14.7. The molecule has 4 aromatic rings. The van der Waals surface area contributed by atoms with Crippen molar-refractivity contribution >= 4 is 34.1 Å². The van der Waals surface area contributed by atoms with Gasteiger partial charge in [-0.2, -0.15) is 10.1 Å². The third kappa shape index (κ3) is 4.75. The number of nitrogens with zero attached hydrogens (tertiary/aromatic N) is 5. The molecule has 0 fully saturated rings. The number of amides is 1. The van der Waals surface area contributed by atoms with E-state index in [1.54, 1.807) is 47.1 Å². The summed E-state index contributed by atoms with van der Waals surface area (Å²) in [5.74, 6) is -0.524. The Balaban J connectivity index is 1.64. The quantitative estimate of drug-likeness (QED) is 0.395. The molecular weight excluding hydrogens is 425 g/mol. The zero-order valence-electron chi connectivity index (χ0n) is 18.5. The summed E-state index contributed by atoms with van der Waals surface area (Å²) in [5, 5.41) is 10.9. The van der Waals surface area contributed by atoms with E-state index in [1.165, 1.54) is 6.08 Å². The molecule has 0 saturated heterocycles. The maximum Gasteiger partial charge on any atom is 0.247 e. The molecule has 0 spiro atoms. The van der Waals surface area contributed by atoms with Gasteiger partial charge in [-0.25, -0.2) is 9.37 Å². The van der Waals surface area contributed by atoms with Crippen molar-refractivity contribution in [2.75, 3.05) is 17.7 Å². The Hall–Kier alpha value is -4.05. The number of hydrogen-bond acceptors (Lipinski definition) is 6. The van der Waals surface area contributed by atoms with Crippen LogP contribution in [0.5, 0.6) is 0 Å². The number of aryl methyl sites for hydroxylation is 1. The fraction of sp³-hybridized carbons (Fsp3) is 0.217. The molecule has 0 bridgehead atoms. The van der Waals surface area contributed by atoms with Gasteiger partial charge in [0.2, 0.25) is 11.9 Å². The number of fused-ring (bicyclic) bond motifs is 1. The van der Waals surface area contributed by atoms with E-state index in [0.717, 1.165) is 22.7 Å². The number of hydrogen-bond donors (Lipinski definition) is 2. The first-order valence-corrected chi connectivity index (χ1v) is 10.3. The lowest BCUT2D eigenvalue weighted by Crippen LogP contribution is -2.14. The van der Waals surface area contributed by atoms with E-state index in [1.807, 2.05) is 19.9 Å². The normalized spacial score (nSPS) is 12.0. The highest BCUT2D eigenvalue weighted by molar-refractivity contribution is 6.00. The van der Waals surface area contributed by atoms with Crippen molar-refractivity contribution in [1.82, 2.24) is 24.3 Å². The highest BCUT2D eigenvalue weighted by Gasteiger charge is 2.15. The molecule has 170 valence electrons. The van der Waals surface area contributed by atoms with E-state index in [-0.39, 0.29) is 23.8 Å². The molecule has 0 aliphatic rings. The van der Waals surface area contributed by atoms with Gasteiger partial charge in [0.1, 0.15) is 0 Å². The van der Waals surface area contributed by atoms with E-state index in [9.17, 15) is 9.18 Å². The Morgan fingerprint density at radius 1 is 1.30 bits per heavy atom. The second-order valence-electron chi connectivity index (χ2n) is 7.59. The highest BCUT2D eigenvalue weighted by Crippen LogP contribution is 2.28. The van der Waals surface area contributed by atoms with Crippen LogP contribution >= 0.6 is 0 Å². The first kappa shape index (κ1) is 22.2. The van der Waals surface area contributed by atoms with E-state index in [4.69, 9.17) is 4.74 Å². The van der Waals surface area contributed by atoms with Crippen LogP contribution in [0.3, 0.4) is 0 Å². The Labute approximate surface area is 189 Å². The largest absolute Gasteiger partial charge is 0.380 e. The van der Waals surface area contributed by atoms with Crippen LogP contribution < -0.4 is 10.6 Å². The second kappa shape index (κ2) is 9.21. The van der Waals surface area contributed by atoms with Crippen LogP contribution in [0.1, 0.15) is 12.5 Å². The molecule has 10 heteroatoms. The first-order valence-electron chi connectivity index (χ1n) is 10.3. The van der Waals surface area contributed by atoms with Gasteiger partial charge < -0.3 is 15.4 Å². The van der Waals surface area contributed by atoms with Crippen molar-refractivity contribution in [3.8, 4) is 5.82 Å². The molecule has 4 rings (SSSR count). The number of anilines is 3. The molecular formula is C23H24FN7O2. The van der Waals surface area contributed by atoms with Gasteiger partial charge in [-0.3, -0.25) is 14.0 Å². The zero-order chi connectivity index (χ0) is 23.5. The van der Waals surface area contributed by atoms with Crippen LogP contribution in [0.2, 0.25) is 0 Å². The Morgan fingerprint density at radius 2 is 2.12 bits per heavy atom. The number of rotatable bonds is 8. The Kier molecular flexibility index (Phi) is 6.18. The van der Waals surface area contributed by atoms with Crippen molar-refractivity contribution < 1.29 is 13.9 Å². The summed E-state index contributed by atoms with van der Waals surface area (Å²) in [6.07, 6.45) is 7.58. The van der Waals surface area contributed by atoms with Crippen molar-refractivity contribution in [1.29, 1.82) is 0 Å². The molecule has 0 radical (unpaired) electrons. The summed E-state index contributed by atoms with van der Waals surface area (Å²) < 4.78 is 23.4. The van der Waals surface area contributed by atoms with Crippen molar-refractivity contribution in [3.05, 3.63) is 67.0 Å². The van der Waals surface area contributed by atoms with Gasteiger partial charge in [-0.1, -0.05) is 6.58 Å². The summed E-state index contributed by atoms with van der Waals surface area (Å²) in [6.45, 7) is 7.91. The third-order valence-corrected chi connectivity index (χ3v) is 5.15. The number of carbonyl (C=O) groups is 1. The lowest BCUT2D eigenvalue weighted by Gasteiger charge is -2.09. The Morgan fingerprint density at radius 3 is 2.88 bits per heavy atom. The fourth-order valence-electron chi connectivity index (χ4n) is 3.42. The van der Waals surface area contributed by atoms with Crippen LogP contribution in [0.4, 0.5) is 21.7 Å². The average molecular weight is 449 g/mol. The number of benzene rings is 1. The SMILES string of the molecule is C=CC(=O)Nc1ccc2c(c1)c(C)cn2-c1nc(Nc2cnn(CC(C)OC)c2)ncc1F. The lowest BCUT2D eigenvalue weighted by molar-refractivity contribution is -0.111. The zero-order valence-corrected chi connectivity index (χ0v) is 18.5. The molecule has 0 aliphatic carbocycles. The smallest absolute Gasteiger partial charge is 0.247 e. The fourth-order valence-corrected chi connectivity index (χ4v) is 3.42. The van der Waals surface area contributed by atoms with Crippen LogP contribution in [0, 0.1) is 12.7 Å². The minimum absolute atomic E-state index is 0.0160. The Bertz CT molecular complexity index is 1330. The molecule has 0 aliphatic heterocycles. The van der Waals surface area contributed by atoms with E-state index in [0.29, 0.717) is 17.9 Å². The predicted molar refractivity (Wildman–Crippen MR) is 124 cm³/mol. The highest BCUT2D eigenvalue weighted by atomic mass is 19.1. The molecule has 9 nitrogen and oxygen atoms in total. The monoisotopic (exact) mass is 449 g/mol. The maximum atomic E-state index is 14.7. The summed E-state index contributed by atoms with van der Waals surface area (Å²) in [7, 11) is 1.64. The number of nitrogens with one attached hydrogen (secondary N) is 2. The van der Waals surface area contributed by atoms with E-state index < -0.39 is 5.82 Å². The van der Waals surface area contributed by atoms with Gasteiger partial charge in [-0.05, 0) is 43.7 Å². The topological polar surface area (TPSA) is 98.9 Å². The molecule has 1 unspecified atom stereocenters. The lowest BCUT2D eigenvalue weighted by atomic mass is 10.2. The molecule has 2 N–H and O–H groups in total. The predicted octanol–water partition coefficient (Wildman–Crippen LogP) is 3.97. The van der Waals surface area contributed by atoms with Gasteiger partial charge >= 0.3 is 0 Å². The van der Waals surface area contributed by atoms with Crippen molar-refractivity contribution in [2.45, 2.75) is 26.5 Å². The molecule has 1 amide bonds. The molecule has 3 heterocycles. The minimum atomic E-state index is -0.564. The van der Waals surface area contributed by atoms with Crippen LogP contribution in [-0.4, -0.2) is 43.4 Å². The first-order chi connectivity index (χ1) is 15.9. The van der Waals surface area contributed by atoms with Crippen molar-refractivity contribution in [2.24, 2.45) is 0 Å². The molecule has 0 saturated carbocycles. The molecule has 3 aromatic heterocycles. The van der Waals surface area contributed by atoms with Crippen molar-refractivity contribution in [3.63, 3.8) is 0 Å².